The summed E-state index contributed by atoms with van der Waals surface area (Å²) in [4.78, 5) is 0.188. The van der Waals surface area contributed by atoms with E-state index in [1.807, 2.05) is 0 Å². The van der Waals surface area contributed by atoms with Gasteiger partial charge in [0, 0.05) is 11.3 Å². The van der Waals surface area contributed by atoms with Crippen molar-refractivity contribution in [3.63, 3.8) is 0 Å². The molecule has 2 N–H and O–H groups in total. The number of ether oxygens (including phenoxy) is 1. The molecule has 0 aliphatic heterocycles. The van der Waals surface area contributed by atoms with Crippen LogP contribution in [-0.2, 0) is 10.0 Å². The highest BCUT2D eigenvalue weighted by Gasteiger charge is 2.18. The molecule has 0 amide bonds. The number of tetrazole rings is 1. The minimum absolute atomic E-state index is 0.188. The zero-order valence-electron chi connectivity index (χ0n) is 13.0. The fraction of sp³-hybridized carbons (Fsp3) is 0.133. The number of rotatable bonds is 5. The highest BCUT2D eigenvalue weighted by Crippen LogP contribution is 2.25. The summed E-state index contributed by atoms with van der Waals surface area (Å²) in [6.07, 6.45) is 0. The SMILES string of the molecule is COc1ccc(S(=O)(=O)Nc2cccc(-c3nn[nH]n3)c2)c(C)c1. The minimum Gasteiger partial charge on any atom is -0.497 e. The summed E-state index contributed by atoms with van der Waals surface area (Å²) in [6.45, 7) is 1.72. The number of nitrogens with one attached hydrogen (secondary N) is 2. The molecule has 9 heteroatoms. The van der Waals surface area contributed by atoms with E-state index >= 15 is 0 Å². The van der Waals surface area contributed by atoms with Gasteiger partial charge in [-0.25, -0.2) is 8.42 Å². The van der Waals surface area contributed by atoms with Crippen molar-refractivity contribution in [2.45, 2.75) is 11.8 Å². The Bertz CT molecular complexity index is 955. The Kier molecular flexibility index (Phi) is 4.17. The maximum absolute atomic E-state index is 12.6. The minimum atomic E-state index is -3.72. The highest BCUT2D eigenvalue weighted by atomic mass is 32.2. The number of aromatic amines is 1. The second kappa shape index (κ2) is 6.28. The summed E-state index contributed by atoms with van der Waals surface area (Å²) in [5, 5.41) is 13.6. The lowest BCUT2D eigenvalue weighted by atomic mass is 10.2. The van der Waals surface area contributed by atoms with Crippen molar-refractivity contribution in [2.24, 2.45) is 0 Å². The number of aryl methyl sites for hydroxylation is 1. The van der Waals surface area contributed by atoms with Gasteiger partial charge in [-0.05, 0) is 48.0 Å². The first kappa shape index (κ1) is 15.9. The summed E-state index contributed by atoms with van der Waals surface area (Å²) < 4.78 is 32.9. The van der Waals surface area contributed by atoms with Crippen molar-refractivity contribution in [1.29, 1.82) is 0 Å². The molecule has 24 heavy (non-hydrogen) atoms. The zero-order chi connectivity index (χ0) is 17.2. The molecule has 0 radical (unpaired) electrons. The Hall–Kier alpha value is -2.94. The zero-order valence-corrected chi connectivity index (χ0v) is 13.8. The van der Waals surface area contributed by atoms with Gasteiger partial charge in [0.15, 0.2) is 0 Å². The standard InChI is InChI=1S/C15H15N5O3S/c1-10-8-13(23-2)6-7-14(10)24(21,22)18-12-5-3-4-11(9-12)15-16-19-20-17-15/h3-9,18H,1-2H3,(H,16,17,19,20). The second-order valence-corrected chi connectivity index (χ2v) is 6.70. The van der Waals surface area contributed by atoms with E-state index in [1.165, 1.54) is 13.2 Å². The molecule has 124 valence electrons. The Balaban J connectivity index is 1.91. The average molecular weight is 345 g/mol. The van der Waals surface area contributed by atoms with Gasteiger partial charge in [0.1, 0.15) is 5.75 Å². The summed E-state index contributed by atoms with van der Waals surface area (Å²) in [7, 11) is -2.19. The molecule has 0 unspecified atom stereocenters. The summed E-state index contributed by atoms with van der Waals surface area (Å²) in [5.41, 5.74) is 1.65. The maximum atomic E-state index is 12.6. The number of methoxy groups -OCH3 is 1. The molecule has 0 fully saturated rings. The largest absolute Gasteiger partial charge is 0.497 e. The van der Waals surface area contributed by atoms with Crippen LogP contribution in [0.15, 0.2) is 47.4 Å². The number of anilines is 1. The Morgan fingerprint density at radius 3 is 2.67 bits per heavy atom. The molecule has 1 aromatic heterocycles. The molecule has 0 saturated heterocycles. The van der Waals surface area contributed by atoms with Crippen LogP contribution in [0, 0.1) is 6.92 Å². The topological polar surface area (TPSA) is 110 Å². The summed E-state index contributed by atoms with van der Waals surface area (Å²) in [6, 6.07) is 11.6. The number of sulfonamides is 1. The van der Waals surface area contributed by atoms with E-state index in [-0.39, 0.29) is 4.90 Å². The van der Waals surface area contributed by atoms with Gasteiger partial charge in [-0.1, -0.05) is 12.1 Å². The molecule has 0 saturated carbocycles. The number of hydrogen-bond donors (Lipinski definition) is 2. The first-order chi connectivity index (χ1) is 11.5. The molecule has 2 aromatic carbocycles. The summed E-state index contributed by atoms with van der Waals surface area (Å²) in [5.74, 6) is 0.988. The molecule has 8 nitrogen and oxygen atoms in total. The molecular weight excluding hydrogens is 330 g/mol. The van der Waals surface area contributed by atoms with Crippen LogP contribution in [0.5, 0.6) is 5.75 Å². The molecular formula is C15H15N5O3S. The van der Waals surface area contributed by atoms with Gasteiger partial charge in [-0.3, -0.25) is 4.72 Å². The normalized spacial score (nSPS) is 11.2. The molecule has 3 aromatic rings. The van der Waals surface area contributed by atoms with Crippen LogP contribution in [-0.4, -0.2) is 36.2 Å². The first-order valence-electron chi connectivity index (χ1n) is 7.01. The Labute approximate surface area is 138 Å². The molecule has 0 bridgehead atoms. The van der Waals surface area contributed by atoms with E-state index in [0.29, 0.717) is 28.4 Å². The monoisotopic (exact) mass is 345 g/mol. The smallest absolute Gasteiger partial charge is 0.262 e. The molecule has 3 rings (SSSR count). The lowest BCUT2D eigenvalue weighted by Crippen LogP contribution is -2.14. The van der Waals surface area contributed by atoms with Crippen molar-refractivity contribution in [1.82, 2.24) is 20.6 Å². The van der Waals surface area contributed by atoms with Crippen molar-refractivity contribution in [2.75, 3.05) is 11.8 Å². The van der Waals surface area contributed by atoms with Gasteiger partial charge in [-0.15, -0.1) is 10.2 Å². The quantitative estimate of drug-likeness (QED) is 0.732. The Morgan fingerprint density at radius 1 is 1.17 bits per heavy atom. The molecule has 1 heterocycles. The summed E-state index contributed by atoms with van der Waals surface area (Å²) >= 11 is 0. The van der Waals surface area contributed by atoms with Crippen LogP contribution in [0.3, 0.4) is 0 Å². The van der Waals surface area contributed by atoms with Gasteiger partial charge in [-0.2, -0.15) is 5.21 Å². The van der Waals surface area contributed by atoms with E-state index in [0.717, 1.165) is 0 Å². The molecule has 0 aliphatic carbocycles. The van der Waals surface area contributed by atoms with E-state index in [9.17, 15) is 8.42 Å². The fourth-order valence-corrected chi connectivity index (χ4v) is 3.54. The van der Waals surface area contributed by atoms with Crippen molar-refractivity contribution >= 4 is 15.7 Å². The van der Waals surface area contributed by atoms with Crippen LogP contribution in [0.25, 0.3) is 11.4 Å². The van der Waals surface area contributed by atoms with Crippen molar-refractivity contribution in [3.05, 3.63) is 48.0 Å². The average Bonchev–Trinajstić information content (AvgIpc) is 3.08. The predicted molar refractivity (Wildman–Crippen MR) is 88.2 cm³/mol. The molecule has 0 aliphatic rings. The van der Waals surface area contributed by atoms with Gasteiger partial charge in [0.2, 0.25) is 5.82 Å². The van der Waals surface area contributed by atoms with E-state index in [1.54, 1.807) is 43.3 Å². The molecule has 0 spiro atoms. The number of H-pyrrole nitrogens is 1. The van der Waals surface area contributed by atoms with Gasteiger partial charge < -0.3 is 4.74 Å². The van der Waals surface area contributed by atoms with E-state index in [2.05, 4.69) is 25.3 Å². The van der Waals surface area contributed by atoms with Gasteiger partial charge in [0.25, 0.3) is 10.0 Å². The lowest BCUT2D eigenvalue weighted by Gasteiger charge is -2.12. The highest BCUT2D eigenvalue weighted by molar-refractivity contribution is 7.92. The molecule has 0 atom stereocenters. The van der Waals surface area contributed by atoms with Crippen LogP contribution < -0.4 is 9.46 Å². The van der Waals surface area contributed by atoms with Crippen LogP contribution in [0.2, 0.25) is 0 Å². The predicted octanol–water partition coefficient (Wildman–Crippen LogP) is 1.98. The maximum Gasteiger partial charge on any atom is 0.262 e. The third-order valence-electron chi connectivity index (χ3n) is 3.39. The third-order valence-corrected chi connectivity index (χ3v) is 4.93. The first-order valence-corrected chi connectivity index (χ1v) is 8.49. The number of aromatic nitrogens is 4. The van der Waals surface area contributed by atoms with Crippen molar-refractivity contribution < 1.29 is 13.2 Å². The second-order valence-electron chi connectivity index (χ2n) is 5.05. The number of nitrogens with zero attached hydrogens (tertiary/aromatic N) is 3. The van der Waals surface area contributed by atoms with Crippen LogP contribution in [0.4, 0.5) is 5.69 Å². The van der Waals surface area contributed by atoms with E-state index < -0.39 is 10.0 Å². The fourth-order valence-electron chi connectivity index (χ4n) is 2.27. The lowest BCUT2D eigenvalue weighted by molar-refractivity contribution is 0.414. The van der Waals surface area contributed by atoms with E-state index in [4.69, 9.17) is 4.74 Å². The van der Waals surface area contributed by atoms with Gasteiger partial charge in [0.05, 0.1) is 12.0 Å². The Morgan fingerprint density at radius 2 is 2.00 bits per heavy atom. The third kappa shape index (κ3) is 3.20. The van der Waals surface area contributed by atoms with Crippen LogP contribution >= 0.6 is 0 Å². The number of benzene rings is 2. The van der Waals surface area contributed by atoms with Gasteiger partial charge >= 0.3 is 0 Å². The number of hydrogen-bond acceptors (Lipinski definition) is 6. The van der Waals surface area contributed by atoms with Crippen LogP contribution in [0.1, 0.15) is 5.56 Å². The van der Waals surface area contributed by atoms with Crippen molar-refractivity contribution in [3.8, 4) is 17.1 Å².